The van der Waals surface area contributed by atoms with Crippen LogP contribution in [0.25, 0.3) is 11.0 Å². The maximum absolute atomic E-state index is 4.61. The van der Waals surface area contributed by atoms with E-state index in [4.69, 9.17) is 0 Å². The molecule has 2 fully saturated rings. The number of nitrogens with zero attached hydrogens (tertiary/aromatic N) is 3. The highest BCUT2D eigenvalue weighted by Gasteiger charge is 2.41. The normalized spacial score (nSPS) is 19.2. The monoisotopic (exact) mass is 270 g/mol. The van der Waals surface area contributed by atoms with E-state index in [2.05, 4.69) is 35.3 Å². The van der Waals surface area contributed by atoms with Crippen molar-refractivity contribution in [3.05, 3.63) is 18.5 Å². The molecule has 2 saturated carbocycles. The summed E-state index contributed by atoms with van der Waals surface area (Å²) >= 11 is 0. The number of hydrogen-bond donors (Lipinski definition) is 1. The van der Waals surface area contributed by atoms with Crippen molar-refractivity contribution in [1.82, 2.24) is 14.8 Å². The van der Waals surface area contributed by atoms with Gasteiger partial charge in [0.15, 0.2) is 5.65 Å². The molecule has 2 aromatic heterocycles. The first kappa shape index (κ1) is 12.2. The Hall–Kier alpha value is -1.58. The van der Waals surface area contributed by atoms with Crippen molar-refractivity contribution < 1.29 is 0 Å². The average Bonchev–Trinajstić information content (AvgIpc) is 3.32. The second-order valence-electron chi connectivity index (χ2n) is 6.66. The zero-order valence-electron chi connectivity index (χ0n) is 12.2. The maximum atomic E-state index is 4.61. The largest absolute Gasteiger partial charge is 0.380 e. The van der Waals surface area contributed by atoms with Crippen LogP contribution in [0.3, 0.4) is 0 Å². The van der Waals surface area contributed by atoms with E-state index in [-0.39, 0.29) is 0 Å². The van der Waals surface area contributed by atoms with Gasteiger partial charge in [-0.3, -0.25) is 0 Å². The Morgan fingerprint density at radius 3 is 2.45 bits per heavy atom. The summed E-state index contributed by atoms with van der Waals surface area (Å²) in [7, 11) is 0. The number of aromatic nitrogens is 3. The van der Waals surface area contributed by atoms with Crippen LogP contribution < -0.4 is 5.32 Å². The summed E-state index contributed by atoms with van der Waals surface area (Å²) in [6.45, 7) is 4.27. The van der Waals surface area contributed by atoms with Gasteiger partial charge in [-0.15, -0.1) is 0 Å². The molecule has 0 amide bonds. The third-order valence-corrected chi connectivity index (χ3v) is 4.52. The quantitative estimate of drug-likeness (QED) is 0.902. The third-order valence-electron chi connectivity index (χ3n) is 4.52. The molecule has 20 heavy (non-hydrogen) atoms. The van der Waals surface area contributed by atoms with Gasteiger partial charge in [-0.1, -0.05) is 0 Å². The summed E-state index contributed by atoms with van der Waals surface area (Å²) in [5, 5.41) is 9.30. The summed E-state index contributed by atoms with van der Waals surface area (Å²) in [5.74, 6) is 1.80. The van der Waals surface area contributed by atoms with Crippen LogP contribution in [-0.2, 0) is 0 Å². The van der Waals surface area contributed by atoms with Crippen LogP contribution in [0.15, 0.2) is 18.5 Å². The Labute approximate surface area is 119 Å². The zero-order valence-corrected chi connectivity index (χ0v) is 12.2. The van der Waals surface area contributed by atoms with E-state index in [1.165, 1.54) is 25.7 Å². The van der Waals surface area contributed by atoms with E-state index in [9.17, 15) is 0 Å². The van der Waals surface area contributed by atoms with Gasteiger partial charge in [-0.05, 0) is 57.4 Å². The predicted molar refractivity (Wildman–Crippen MR) is 80.8 cm³/mol. The topological polar surface area (TPSA) is 42.7 Å². The molecule has 1 N–H and O–H groups in total. The van der Waals surface area contributed by atoms with Gasteiger partial charge in [0.1, 0.15) is 0 Å². The first-order chi connectivity index (χ1) is 9.72. The van der Waals surface area contributed by atoms with Gasteiger partial charge in [0.25, 0.3) is 0 Å². The summed E-state index contributed by atoms with van der Waals surface area (Å²) in [6, 6.07) is 3.23. The van der Waals surface area contributed by atoms with Crippen molar-refractivity contribution in [1.29, 1.82) is 0 Å². The molecular weight excluding hydrogens is 248 g/mol. The van der Waals surface area contributed by atoms with Crippen LogP contribution in [0, 0.1) is 11.8 Å². The van der Waals surface area contributed by atoms with E-state index in [1.807, 2.05) is 17.1 Å². The van der Waals surface area contributed by atoms with Crippen molar-refractivity contribution in [3.63, 3.8) is 0 Å². The lowest BCUT2D eigenvalue weighted by Gasteiger charge is -2.18. The van der Waals surface area contributed by atoms with E-state index < -0.39 is 0 Å². The number of nitrogens with one attached hydrogen (secondary N) is 1. The van der Waals surface area contributed by atoms with Crippen LogP contribution in [0.1, 0.15) is 45.6 Å². The fourth-order valence-corrected chi connectivity index (χ4v) is 3.12. The highest BCUT2D eigenvalue weighted by Crippen LogP contribution is 2.45. The fraction of sp³-hybridized carbons (Fsp3) is 0.625. The smallest absolute Gasteiger partial charge is 0.158 e. The summed E-state index contributed by atoms with van der Waals surface area (Å²) < 4.78 is 1.98. The molecule has 0 spiro atoms. The Morgan fingerprint density at radius 1 is 1.15 bits per heavy atom. The van der Waals surface area contributed by atoms with Crippen LogP contribution in [-0.4, -0.2) is 20.8 Å². The lowest BCUT2D eigenvalue weighted by Crippen LogP contribution is -2.24. The molecule has 0 radical (unpaired) electrons. The van der Waals surface area contributed by atoms with Crippen LogP contribution in [0.4, 0.5) is 5.69 Å². The van der Waals surface area contributed by atoms with Crippen molar-refractivity contribution in [2.24, 2.45) is 11.8 Å². The first-order valence-corrected chi connectivity index (χ1v) is 7.82. The molecule has 4 rings (SSSR count). The Bertz CT molecular complexity index is 610. The Kier molecular flexibility index (Phi) is 2.72. The number of hydrogen-bond acceptors (Lipinski definition) is 3. The molecular formula is C16H22N4. The maximum Gasteiger partial charge on any atom is 0.158 e. The fourth-order valence-electron chi connectivity index (χ4n) is 3.12. The predicted octanol–water partition coefficient (Wildman–Crippen LogP) is 3.61. The first-order valence-electron chi connectivity index (χ1n) is 7.82. The molecule has 2 heterocycles. The Morgan fingerprint density at radius 2 is 1.85 bits per heavy atom. The number of fused-ring (bicyclic) bond motifs is 1. The minimum atomic E-state index is 0.351. The van der Waals surface area contributed by atoms with E-state index in [0.29, 0.717) is 12.1 Å². The van der Waals surface area contributed by atoms with Gasteiger partial charge < -0.3 is 5.32 Å². The molecule has 0 saturated heterocycles. The minimum Gasteiger partial charge on any atom is -0.380 e. The van der Waals surface area contributed by atoms with Crippen LogP contribution in [0.2, 0.25) is 0 Å². The average molecular weight is 270 g/mol. The van der Waals surface area contributed by atoms with Gasteiger partial charge in [-0.25, -0.2) is 9.67 Å². The highest BCUT2D eigenvalue weighted by atomic mass is 15.3. The van der Waals surface area contributed by atoms with Crippen molar-refractivity contribution in [2.75, 3.05) is 5.32 Å². The van der Waals surface area contributed by atoms with Crippen molar-refractivity contribution >= 4 is 16.7 Å². The Balaban J connectivity index is 1.60. The minimum absolute atomic E-state index is 0.351. The molecule has 4 nitrogen and oxygen atoms in total. The van der Waals surface area contributed by atoms with Gasteiger partial charge in [0.05, 0.1) is 18.1 Å². The highest BCUT2D eigenvalue weighted by molar-refractivity contribution is 5.78. The number of rotatable bonds is 5. The van der Waals surface area contributed by atoms with Crippen LogP contribution in [0.5, 0.6) is 0 Å². The van der Waals surface area contributed by atoms with E-state index >= 15 is 0 Å². The second kappa shape index (κ2) is 4.47. The number of anilines is 1. The van der Waals surface area contributed by atoms with Gasteiger partial charge in [0, 0.05) is 17.5 Å². The lowest BCUT2D eigenvalue weighted by molar-refractivity contribution is 0.546. The van der Waals surface area contributed by atoms with E-state index in [1.54, 1.807) is 0 Å². The number of pyridine rings is 1. The molecule has 2 aliphatic carbocycles. The van der Waals surface area contributed by atoms with Crippen molar-refractivity contribution in [3.8, 4) is 0 Å². The standard InChI is InChI=1S/C16H22N4/c1-10(2)20-16-13(8-18-20)7-14(9-17-16)19-15(11-3-4-11)12-5-6-12/h7-12,15,19H,3-6H2,1-2H3. The SMILES string of the molecule is CC(C)n1ncc2cc(NC(C3CC3)C3CC3)cnc21. The molecule has 2 aromatic rings. The van der Waals surface area contributed by atoms with E-state index in [0.717, 1.165) is 28.6 Å². The molecule has 0 unspecified atom stereocenters. The molecule has 0 aromatic carbocycles. The molecule has 0 atom stereocenters. The molecule has 106 valence electrons. The van der Waals surface area contributed by atoms with Crippen molar-refractivity contribution in [2.45, 2.75) is 51.6 Å². The molecule has 0 aliphatic heterocycles. The second-order valence-corrected chi connectivity index (χ2v) is 6.66. The lowest BCUT2D eigenvalue weighted by atomic mass is 10.1. The summed E-state index contributed by atoms with van der Waals surface area (Å²) in [6.07, 6.45) is 9.49. The molecule has 4 heteroatoms. The summed E-state index contributed by atoms with van der Waals surface area (Å²) in [5.41, 5.74) is 2.14. The zero-order chi connectivity index (χ0) is 13.7. The van der Waals surface area contributed by atoms with Gasteiger partial charge in [0.2, 0.25) is 0 Å². The third kappa shape index (κ3) is 2.17. The van der Waals surface area contributed by atoms with Gasteiger partial charge >= 0.3 is 0 Å². The molecule has 2 aliphatic rings. The molecule has 0 bridgehead atoms. The summed E-state index contributed by atoms with van der Waals surface area (Å²) in [4.78, 5) is 4.61. The van der Waals surface area contributed by atoms with Crippen LogP contribution >= 0.6 is 0 Å². The van der Waals surface area contributed by atoms with Gasteiger partial charge in [-0.2, -0.15) is 5.10 Å².